The van der Waals surface area contributed by atoms with Crippen molar-refractivity contribution in [2.75, 3.05) is 18.4 Å². The predicted octanol–water partition coefficient (Wildman–Crippen LogP) is 3.80. The van der Waals surface area contributed by atoms with E-state index in [4.69, 9.17) is 9.47 Å². The van der Waals surface area contributed by atoms with Crippen LogP contribution in [0.25, 0.3) is 0 Å². The molecule has 1 unspecified atom stereocenters. The first-order valence-electron chi connectivity index (χ1n) is 8.31. The van der Waals surface area contributed by atoms with Gasteiger partial charge in [-0.1, -0.05) is 6.07 Å². The molecule has 1 aromatic carbocycles. The molecule has 1 aliphatic heterocycles. The maximum absolute atomic E-state index is 11.8. The van der Waals surface area contributed by atoms with E-state index < -0.39 is 11.7 Å². The number of anilines is 1. The summed E-state index contributed by atoms with van der Waals surface area (Å²) in [5.74, 6) is 1.34. The Labute approximate surface area is 138 Å². The van der Waals surface area contributed by atoms with Gasteiger partial charge >= 0.3 is 6.09 Å². The number of hydrogen-bond donors (Lipinski definition) is 2. The summed E-state index contributed by atoms with van der Waals surface area (Å²) in [6.45, 7) is 9.74. The van der Waals surface area contributed by atoms with Gasteiger partial charge in [0, 0.05) is 11.8 Å². The van der Waals surface area contributed by atoms with E-state index in [1.807, 2.05) is 45.0 Å². The molecule has 1 atom stereocenters. The number of rotatable bonds is 4. The van der Waals surface area contributed by atoms with Crippen LogP contribution in [0.4, 0.5) is 10.5 Å². The molecule has 1 saturated heterocycles. The smallest absolute Gasteiger partial charge is 0.412 e. The molecule has 0 saturated carbocycles. The third kappa shape index (κ3) is 6.10. The molecule has 1 amide bonds. The molecule has 1 aliphatic rings. The summed E-state index contributed by atoms with van der Waals surface area (Å²) in [6, 6.07) is 7.45. The van der Waals surface area contributed by atoms with Crippen molar-refractivity contribution in [2.45, 2.75) is 52.2 Å². The number of nitrogens with one attached hydrogen (secondary N) is 2. The van der Waals surface area contributed by atoms with E-state index in [9.17, 15) is 4.79 Å². The van der Waals surface area contributed by atoms with Crippen LogP contribution in [-0.2, 0) is 4.74 Å². The van der Waals surface area contributed by atoms with Gasteiger partial charge in [0.1, 0.15) is 11.4 Å². The topological polar surface area (TPSA) is 59.6 Å². The summed E-state index contributed by atoms with van der Waals surface area (Å²) in [4.78, 5) is 11.8. The summed E-state index contributed by atoms with van der Waals surface area (Å²) in [5, 5.41) is 6.11. The average Bonchev–Trinajstić information content (AvgIpc) is 2.46. The van der Waals surface area contributed by atoms with Crippen molar-refractivity contribution in [3.8, 4) is 5.75 Å². The van der Waals surface area contributed by atoms with Gasteiger partial charge < -0.3 is 14.8 Å². The molecule has 0 aliphatic carbocycles. The standard InChI is InChI=1S/C18H28N2O3/c1-13(14-8-10-19-11-9-14)22-16-7-5-6-15(12-16)20-17(21)23-18(2,3)4/h5-7,12-14,19H,8-11H2,1-4H3,(H,20,21). The second-order valence-corrected chi connectivity index (χ2v) is 7.07. The van der Waals surface area contributed by atoms with Crippen LogP contribution in [0.3, 0.4) is 0 Å². The molecule has 5 heteroatoms. The van der Waals surface area contributed by atoms with Crippen molar-refractivity contribution in [3.63, 3.8) is 0 Å². The second-order valence-electron chi connectivity index (χ2n) is 7.07. The Hall–Kier alpha value is -1.75. The third-order valence-corrected chi connectivity index (χ3v) is 3.85. The lowest BCUT2D eigenvalue weighted by Gasteiger charge is -2.28. The van der Waals surface area contributed by atoms with Crippen LogP contribution in [0.15, 0.2) is 24.3 Å². The number of piperidine rings is 1. The molecule has 0 radical (unpaired) electrons. The van der Waals surface area contributed by atoms with E-state index in [1.54, 1.807) is 0 Å². The van der Waals surface area contributed by atoms with Gasteiger partial charge in [-0.25, -0.2) is 4.79 Å². The predicted molar refractivity (Wildman–Crippen MR) is 92.0 cm³/mol. The molecule has 0 bridgehead atoms. The maximum atomic E-state index is 11.8. The second kappa shape index (κ2) is 7.68. The zero-order valence-electron chi connectivity index (χ0n) is 14.5. The lowest BCUT2D eigenvalue weighted by molar-refractivity contribution is 0.0636. The highest BCUT2D eigenvalue weighted by Crippen LogP contribution is 2.24. The minimum absolute atomic E-state index is 0.161. The molecule has 1 aromatic rings. The Balaban J connectivity index is 1.92. The van der Waals surface area contributed by atoms with Gasteiger partial charge in [-0.15, -0.1) is 0 Å². The molecule has 0 aromatic heterocycles. The summed E-state index contributed by atoms with van der Waals surface area (Å²) in [5.41, 5.74) is 0.163. The Morgan fingerprint density at radius 3 is 2.65 bits per heavy atom. The molecule has 1 heterocycles. The number of carbonyl (C=O) groups is 1. The minimum atomic E-state index is -0.512. The van der Waals surface area contributed by atoms with Crippen molar-refractivity contribution in [1.29, 1.82) is 0 Å². The van der Waals surface area contributed by atoms with E-state index in [0.717, 1.165) is 31.7 Å². The number of hydrogen-bond acceptors (Lipinski definition) is 4. The third-order valence-electron chi connectivity index (χ3n) is 3.85. The van der Waals surface area contributed by atoms with Crippen LogP contribution in [0.2, 0.25) is 0 Å². The molecule has 128 valence electrons. The summed E-state index contributed by atoms with van der Waals surface area (Å²) < 4.78 is 11.3. The lowest BCUT2D eigenvalue weighted by atomic mass is 9.93. The van der Waals surface area contributed by atoms with Crippen molar-refractivity contribution >= 4 is 11.8 Å². The molecule has 2 N–H and O–H groups in total. The average molecular weight is 320 g/mol. The molecule has 0 spiro atoms. The lowest BCUT2D eigenvalue weighted by Crippen LogP contribution is -2.35. The molecule has 2 rings (SSSR count). The fourth-order valence-electron chi connectivity index (χ4n) is 2.69. The van der Waals surface area contributed by atoms with Crippen LogP contribution in [-0.4, -0.2) is 30.9 Å². The molecule has 1 fully saturated rings. The Morgan fingerprint density at radius 1 is 1.30 bits per heavy atom. The highest BCUT2D eigenvalue weighted by molar-refractivity contribution is 5.85. The normalized spacial score (nSPS) is 17.4. The SMILES string of the molecule is CC(Oc1cccc(NC(=O)OC(C)(C)C)c1)C1CCNCC1. The largest absolute Gasteiger partial charge is 0.490 e. The van der Waals surface area contributed by atoms with E-state index >= 15 is 0 Å². The number of ether oxygens (including phenoxy) is 2. The fraction of sp³-hybridized carbons (Fsp3) is 0.611. The first-order valence-corrected chi connectivity index (χ1v) is 8.31. The van der Waals surface area contributed by atoms with Gasteiger partial charge in [0.25, 0.3) is 0 Å². The van der Waals surface area contributed by atoms with Gasteiger partial charge in [0.15, 0.2) is 0 Å². The van der Waals surface area contributed by atoms with Gasteiger partial charge in [0.05, 0.1) is 6.10 Å². The summed E-state index contributed by atoms with van der Waals surface area (Å²) >= 11 is 0. The van der Waals surface area contributed by atoms with Crippen molar-refractivity contribution in [1.82, 2.24) is 5.32 Å². The van der Waals surface area contributed by atoms with E-state index in [2.05, 4.69) is 17.6 Å². The van der Waals surface area contributed by atoms with Crippen LogP contribution >= 0.6 is 0 Å². The first kappa shape index (κ1) is 17.6. The molecular formula is C18H28N2O3. The maximum Gasteiger partial charge on any atom is 0.412 e. The van der Waals surface area contributed by atoms with Crippen molar-refractivity contribution in [2.24, 2.45) is 5.92 Å². The number of benzene rings is 1. The van der Waals surface area contributed by atoms with Crippen LogP contribution in [0, 0.1) is 5.92 Å². The van der Waals surface area contributed by atoms with E-state index in [-0.39, 0.29) is 6.10 Å². The van der Waals surface area contributed by atoms with Crippen LogP contribution in [0.1, 0.15) is 40.5 Å². The highest BCUT2D eigenvalue weighted by atomic mass is 16.6. The molecule has 23 heavy (non-hydrogen) atoms. The van der Waals surface area contributed by atoms with Crippen molar-refractivity contribution in [3.05, 3.63) is 24.3 Å². The monoisotopic (exact) mass is 320 g/mol. The minimum Gasteiger partial charge on any atom is -0.490 e. The Bertz CT molecular complexity index is 519. The van der Waals surface area contributed by atoms with Gasteiger partial charge in [-0.3, -0.25) is 5.32 Å². The zero-order chi connectivity index (χ0) is 16.9. The van der Waals surface area contributed by atoms with Crippen molar-refractivity contribution < 1.29 is 14.3 Å². The van der Waals surface area contributed by atoms with Gasteiger partial charge in [-0.05, 0) is 71.7 Å². The van der Waals surface area contributed by atoms with Crippen LogP contribution < -0.4 is 15.4 Å². The number of amides is 1. The Kier molecular flexibility index (Phi) is 5.88. The molecule has 5 nitrogen and oxygen atoms in total. The number of carbonyl (C=O) groups excluding carboxylic acids is 1. The Morgan fingerprint density at radius 2 is 2.00 bits per heavy atom. The van der Waals surface area contributed by atoms with Gasteiger partial charge in [0.2, 0.25) is 0 Å². The van der Waals surface area contributed by atoms with Crippen LogP contribution in [0.5, 0.6) is 5.75 Å². The zero-order valence-corrected chi connectivity index (χ0v) is 14.5. The summed E-state index contributed by atoms with van der Waals surface area (Å²) in [7, 11) is 0. The van der Waals surface area contributed by atoms with Gasteiger partial charge in [-0.2, -0.15) is 0 Å². The van der Waals surface area contributed by atoms with E-state index in [0.29, 0.717) is 11.6 Å². The quantitative estimate of drug-likeness (QED) is 0.886. The fourth-order valence-corrected chi connectivity index (χ4v) is 2.69. The highest BCUT2D eigenvalue weighted by Gasteiger charge is 2.21. The molecular weight excluding hydrogens is 292 g/mol. The van der Waals surface area contributed by atoms with E-state index in [1.165, 1.54) is 0 Å². The first-order chi connectivity index (χ1) is 10.8. The summed E-state index contributed by atoms with van der Waals surface area (Å²) in [6.07, 6.45) is 1.98.